The van der Waals surface area contributed by atoms with E-state index in [0.29, 0.717) is 52.4 Å². The summed E-state index contributed by atoms with van der Waals surface area (Å²) in [4.78, 5) is 0. The summed E-state index contributed by atoms with van der Waals surface area (Å²) in [6.07, 6.45) is 1.75. The van der Waals surface area contributed by atoms with Gasteiger partial charge in [0, 0.05) is 19.7 Å². The lowest BCUT2D eigenvalue weighted by atomic mass is 10.3. The molecular formula is C11H21N2O4PS. The van der Waals surface area contributed by atoms with E-state index in [1.165, 1.54) is 0 Å². The van der Waals surface area contributed by atoms with Crippen molar-refractivity contribution in [1.82, 2.24) is 4.67 Å². The second-order valence-electron chi connectivity index (χ2n) is 4.04. The Morgan fingerprint density at radius 3 is 2.58 bits per heavy atom. The predicted octanol–water partition coefficient (Wildman–Crippen LogP) is 1.26. The van der Waals surface area contributed by atoms with E-state index in [1.54, 1.807) is 0 Å². The first-order valence-electron chi connectivity index (χ1n) is 6.43. The Balaban J connectivity index is 2.49. The molecular weight excluding hydrogens is 287 g/mol. The zero-order valence-electron chi connectivity index (χ0n) is 11.0. The van der Waals surface area contributed by atoms with Crippen molar-refractivity contribution in [3.8, 4) is 6.07 Å². The molecule has 0 aromatic carbocycles. The second kappa shape index (κ2) is 9.78. The highest BCUT2D eigenvalue weighted by Gasteiger charge is 2.29. The zero-order valence-corrected chi connectivity index (χ0v) is 12.7. The molecule has 1 aliphatic rings. The Hall–Kier alpha value is -0.0600. The Morgan fingerprint density at radius 1 is 1.26 bits per heavy atom. The molecule has 110 valence electrons. The van der Waals surface area contributed by atoms with Gasteiger partial charge in [0.25, 0.3) is 6.64 Å². The van der Waals surface area contributed by atoms with E-state index < -0.39 is 6.64 Å². The lowest BCUT2D eigenvalue weighted by Gasteiger charge is -2.35. The first kappa shape index (κ1) is 17.0. The maximum absolute atomic E-state index is 8.75. The minimum Gasteiger partial charge on any atom is -0.396 e. The molecule has 0 radical (unpaired) electrons. The number of nitrogens with zero attached hydrogens (tertiary/aromatic N) is 2. The van der Waals surface area contributed by atoms with Crippen LogP contribution >= 0.6 is 6.64 Å². The number of hydrogen-bond donors (Lipinski definition) is 1. The molecule has 1 unspecified atom stereocenters. The number of aliphatic hydroxyl groups excluding tert-OH is 1. The van der Waals surface area contributed by atoms with Crippen LogP contribution in [0.3, 0.4) is 0 Å². The third kappa shape index (κ3) is 6.28. The van der Waals surface area contributed by atoms with Crippen molar-refractivity contribution >= 4 is 18.4 Å². The Kier molecular flexibility index (Phi) is 8.75. The molecule has 6 nitrogen and oxygen atoms in total. The fraction of sp³-hybridized carbons (Fsp3) is 0.909. The number of aliphatic hydroxyl groups is 1. The van der Waals surface area contributed by atoms with Gasteiger partial charge < -0.3 is 18.9 Å². The summed E-state index contributed by atoms with van der Waals surface area (Å²) in [5.41, 5.74) is 0. The maximum atomic E-state index is 8.75. The molecule has 0 aliphatic carbocycles. The molecule has 1 aliphatic heterocycles. The van der Waals surface area contributed by atoms with E-state index in [2.05, 4.69) is 0 Å². The van der Waals surface area contributed by atoms with Crippen molar-refractivity contribution in [3.05, 3.63) is 0 Å². The number of rotatable bonds is 9. The molecule has 0 aromatic rings. The van der Waals surface area contributed by atoms with Gasteiger partial charge >= 0.3 is 0 Å². The van der Waals surface area contributed by atoms with Crippen molar-refractivity contribution in [1.29, 1.82) is 5.26 Å². The first-order valence-corrected chi connectivity index (χ1v) is 9.02. The molecule has 1 N–H and O–H groups in total. The Labute approximate surface area is 119 Å². The number of nitriles is 1. The van der Waals surface area contributed by atoms with E-state index in [0.717, 1.165) is 6.42 Å². The normalized spacial score (nSPS) is 19.8. The summed E-state index contributed by atoms with van der Waals surface area (Å²) in [6, 6.07) is 2.03. The summed E-state index contributed by atoms with van der Waals surface area (Å²) in [7, 11) is 0. The average Bonchev–Trinajstić information content (AvgIpc) is 2.45. The van der Waals surface area contributed by atoms with Crippen LogP contribution in [-0.4, -0.2) is 55.9 Å². The molecule has 1 rings (SSSR count). The molecule has 0 saturated carbocycles. The maximum Gasteiger partial charge on any atom is 0.264 e. The lowest BCUT2D eigenvalue weighted by molar-refractivity contribution is 0.0593. The van der Waals surface area contributed by atoms with Gasteiger partial charge in [0.15, 0.2) is 0 Å². The minimum absolute atomic E-state index is 0.152. The lowest BCUT2D eigenvalue weighted by Crippen LogP contribution is -2.35. The van der Waals surface area contributed by atoms with Crippen LogP contribution in [0.15, 0.2) is 0 Å². The van der Waals surface area contributed by atoms with Crippen LogP contribution < -0.4 is 0 Å². The molecule has 0 bridgehead atoms. The number of hydrogen-bond acceptors (Lipinski definition) is 6. The molecule has 0 aromatic heterocycles. The largest absolute Gasteiger partial charge is 0.396 e. The van der Waals surface area contributed by atoms with Crippen LogP contribution in [-0.2, 0) is 25.6 Å². The van der Waals surface area contributed by atoms with Crippen LogP contribution in [0.1, 0.15) is 19.3 Å². The van der Waals surface area contributed by atoms with Gasteiger partial charge in [0.1, 0.15) is 0 Å². The van der Waals surface area contributed by atoms with Crippen LogP contribution in [0.2, 0.25) is 0 Å². The van der Waals surface area contributed by atoms with Crippen molar-refractivity contribution in [2.24, 2.45) is 0 Å². The fourth-order valence-electron chi connectivity index (χ4n) is 1.60. The van der Waals surface area contributed by atoms with Gasteiger partial charge in [-0.3, -0.25) is 0 Å². The molecule has 1 atom stereocenters. The van der Waals surface area contributed by atoms with Crippen LogP contribution in [0.5, 0.6) is 0 Å². The number of ether oxygens (including phenoxy) is 1. The Bertz CT molecular complexity index is 331. The monoisotopic (exact) mass is 308 g/mol. The Morgan fingerprint density at radius 2 is 1.95 bits per heavy atom. The van der Waals surface area contributed by atoms with Crippen LogP contribution in [0.4, 0.5) is 0 Å². The SMILES string of the molecule is N#CCCOP(=S)(OCCCCO)N1CCOCC1. The van der Waals surface area contributed by atoms with Crippen molar-refractivity contribution in [3.63, 3.8) is 0 Å². The number of unbranched alkanes of at least 4 members (excludes halogenated alkanes) is 1. The van der Waals surface area contributed by atoms with Gasteiger partial charge in [0.2, 0.25) is 0 Å². The molecule has 1 heterocycles. The molecule has 1 saturated heterocycles. The summed E-state index contributed by atoms with van der Waals surface area (Å²) < 4.78 is 18.8. The highest BCUT2D eigenvalue weighted by molar-refractivity contribution is 8.08. The van der Waals surface area contributed by atoms with Crippen molar-refractivity contribution in [2.45, 2.75) is 19.3 Å². The highest BCUT2D eigenvalue weighted by atomic mass is 32.5. The van der Waals surface area contributed by atoms with Crippen molar-refractivity contribution in [2.75, 3.05) is 46.1 Å². The number of morpholine rings is 1. The molecule has 0 spiro atoms. The quantitative estimate of drug-likeness (QED) is 0.507. The minimum atomic E-state index is -2.51. The van der Waals surface area contributed by atoms with E-state index in [9.17, 15) is 0 Å². The van der Waals surface area contributed by atoms with Gasteiger partial charge in [0.05, 0.1) is 38.9 Å². The third-order valence-corrected chi connectivity index (χ3v) is 6.04. The van der Waals surface area contributed by atoms with E-state index in [4.69, 9.17) is 36.0 Å². The first-order chi connectivity index (χ1) is 9.23. The van der Waals surface area contributed by atoms with Gasteiger partial charge in [-0.25, -0.2) is 4.67 Å². The van der Waals surface area contributed by atoms with E-state index in [1.807, 2.05) is 10.7 Å². The fourth-order valence-corrected chi connectivity index (χ4v) is 4.27. The van der Waals surface area contributed by atoms with Gasteiger partial charge in [-0.1, -0.05) is 0 Å². The summed E-state index contributed by atoms with van der Waals surface area (Å²) in [5.74, 6) is 0. The second-order valence-corrected chi connectivity index (χ2v) is 7.44. The summed E-state index contributed by atoms with van der Waals surface area (Å²) in [5, 5.41) is 17.3. The smallest absolute Gasteiger partial charge is 0.264 e. The van der Waals surface area contributed by atoms with E-state index in [-0.39, 0.29) is 6.61 Å². The van der Waals surface area contributed by atoms with Gasteiger partial charge in [-0.15, -0.1) is 0 Å². The van der Waals surface area contributed by atoms with Crippen LogP contribution in [0, 0.1) is 11.3 Å². The summed E-state index contributed by atoms with van der Waals surface area (Å²) in [6.45, 7) is 1.06. The zero-order chi connectivity index (χ0) is 14.0. The highest BCUT2D eigenvalue weighted by Crippen LogP contribution is 2.52. The average molecular weight is 308 g/mol. The topological polar surface area (TPSA) is 75.0 Å². The molecule has 0 amide bonds. The standard InChI is InChI=1S/C11H21N2O4PS/c12-4-3-9-17-18(19,16-8-2-1-7-14)13-5-10-15-11-6-13/h14H,1-3,5-11H2. The van der Waals surface area contributed by atoms with Gasteiger partial charge in [-0.2, -0.15) is 5.26 Å². The predicted molar refractivity (Wildman–Crippen MR) is 75.1 cm³/mol. The van der Waals surface area contributed by atoms with Crippen LogP contribution in [0.25, 0.3) is 0 Å². The van der Waals surface area contributed by atoms with Crippen molar-refractivity contribution < 1.29 is 18.9 Å². The summed E-state index contributed by atoms with van der Waals surface area (Å²) >= 11 is 5.55. The third-order valence-electron chi connectivity index (χ3n) is 2.61. The van der Waals surface area contributed by atoms with Gasteiger partial charge in [-0.05, 0) is 24.6 Å². The van der Waals surface area contributed by atoms with E-state index >= 15 is 0 Å². The molecule has 19 heavy (non-hydrogen) atoms. The molecule has 8 heteroatoms. The molecule has 1 fully saturated rings.